The SMILES string of the molecule is CN(C)CCCc1ccc(N=C(c2cccc(CCC(=O)O)c2)c2c(O)[nH]c3cc(Cl)ccc23)cc1. The molecule has 186 valence electrons. The maximum atomic E-state index is 11.1. The second-order valence-electron chi connectivity index (χ2n) is 9.17. The number of aromatic hydroxyl groups is 1. The number of hydrogen-bond donors (Lipinski definition) is 3. The Bertz CT molecular complexity index is 1390. The van der Waals surface area contributed by atoms with Crippen molar-refractivity contribution in [2.24, 2.45) is 4.99 Å². The van der Waals surface area contributed by atoms with Gasteiger partial charge in [-0.15, -0.1) is 0 Å². The maximum absolute atomic E-state index is 11.1. The van der Waals surface area contributed by atoms with Crippen molar-refractivity contribution >= 4 is 39.9 Å². The Hall–Kier alpha value is -3.61. The quantitative estimate of drug-likeness (QED) is 0.224. The number of nitrogens with zero attached hydrogens (tertiary/aromatic N) is 2. The zero-order chi connectivity index (χ0) is 25.7. The lowest BCUT2D eigenvalue weighted by atomic mass is 9.97. The normalized spacial score (nSPS) is 11.9. The van der Waals surface area contributed by atoms with E-state index in [1.807, 2.05) is 42.5 Å². The number of aliphatic imine (C=N–C) groups is 1. The van der Waals surface area contributed by atoms with Crippen molar-refractivity contribution in [2.45, 2.75) is 25.7 Å². The summed E-state index contributed by atoms with van der Waals surface area (Å²) in [6, 6.07) is 21.2. The number of fused-ring (bicyclic) bond motifs is 1. The number of halogens is 1. The molecular weight excluding hydrogens is 474 g/mol. The van der Waals surface area contributed by atoms with E-state index in [1.54, 1.807) is 12.1 Å². The zero-order valence-electron chi connectivity index (χ0n) is 20.5. The topological polar surface area (TPSA) is 88.9 Å². The minimum absolute atomic E-state index is 0.00209. The van der Waals surface area contributed by atoms with Crippen LogP contribution in [-0.2, 0) is 17.6 Å². The first-order chi connectivity index (χ1) is 17.3. The first-order valence-electron chi connectivity index (χ1n) is 11.9. The van der Waals surface area contributed by atoms with Gasteiger partial charge in [0.1, 0.15) is 0 Å². The third-order valence-electron chi connectivity index (χ3n) is 6.05. The fraction of sp³-hybridized carbons (Fsp3) is 0.241. The molecule has 3 N–H and O–H groups in total. The van der Waals surface area contributed by atoms with E-state index in [-0.39, 0.29) is 12.3 Å². The van der Waals surface area contributed by atoms with E-state index in [0.717, 1.165) is 41.6 Å². The molecule has 0 fully saturated rings. The first-order valence-corrected chi connectivity index (χ1v) is 12.3. The molecule has 0 radical (unpaired) electrons. The van der Waals surface area contributed by atoms with Gasteiger partial charge in [0.2, 0.25) is 0 Å². The van der Waals surface area contributed by atoms with E-state index in [2.05, 4.69) is 36.1 Å². The molecule has 0 saturated carbocycles. The monoisotopic (exact) mass is 503 g/mol. The number of carboxylic acid groups (broad SMARTS) is 1. The molecule has 0 spiro atoms. The first kappa shape index (κ1) is 25.5. The number of nitrogens with one attached hydrogen (secondary N) is 1. The van der Waals surface area contributed by atoms with Crippen molar-refractivity contribution in [3.05, 3.63) is 94.0 Å². The van der Waals surface area contributed by atoms with Gasteiger partial charge in [-0.05, 0) is 81.4 Å². The molecular formula is C29H30ClN3O3. The Morgan fingerprint density at radius 1 is 1.00 bits per heavy atom. The summed E-state index contributed by atoms with van der Waals surface area (Å²) in [6.45, 7) is 1.03. The van der Waals surface area contributed by atoms with Gasteiger partial charge >= 0.3 is 5.97 Å². The Balaban J connectivity index is 1.76. The molecule has 0 aliphatic rings. The van der Waals surface area contributed by atoms with Gasteiger partial charge < -0.3 is 20.1 Å². The predicted molar refractivity (Wildman–Crippen MR) is 146 cm³/mol. The molecule has 0 bridgehead atoms. The summed E-state index contributed by atoms with van der Waals surface area (Å²) in [7, 11) is 4.15. The van der Waals surface area contributed by atoms with Crippen LogP contribution in [0.5, 0.6) is 5.88 Å². The van der Waals surface area contributed by atoms with Gasteiger partial charge in [0.15, 0.2) is 5.88 Å². The van der Waals surface area contributed by atoms with Gasteiger partial charge in [0, 0.05) is 22.4 Å². The number of aromatic amines is 1. The zero-order valence-corrected chi connectivity index (χ0v) is 21.2. The molecule has 1 heterocycles. The summed E-state index contributed by atoms with van der Waals surface area (Å²) in [6.07, 6.45) is 2.52. The van der Waals surface area contributed by atoms with Crippen LogP contribution in [-0.4, -0.2) is 52.4 Å². The van der Waals surface area contributed by atoms with Crippen molar-refractivity contribution < 1.29 is 15.0 Å². The van der Waals surface area contributed by atoms with Crippen LogP contribution in [0.4, 0.5) is 5.69 Å². The summed E-state index contributed by atoms with van der Waals surface area (Å²) in [5.74, 6) is -0.839. The van der Waals surface area contributed by atoms with Crippen LogP contribution >= 0.6 is 11.6 Å². The number of carboxylic acids is 1. The largest absolute Gasteiger partial charge is 0.494 e. The summed E-state index contributed by atoms with van der Waals surface area (Å²) < 4.78 is 0. The highest BCUT2D eigenvalue weighted by Crippen LogP contribution is 2.33. The number of carbonyl (C=O) groups is 1. The van der Waals surface area contributed by atoms with Crippen molar-refractivity contribution in [1.82, 2.24) is 9.88 Å². The Morgan fingerprint density at radius 3 is 2.50 bits per heavy atom. The van der Waals surface area contributed by atoms with Crippen molar-refractivity contribution in [2.75, 3.05) is 20.6 Å². The molecule has 0 aliphatic carbocycles. The number of aliphatic carboxylic acids is 1. The van der Waals surface area contributed by atoms with Gasteiger partial charge in [0.05, 0.1) is 22.5 Å². The van der Waals surface area contributed by atoms with Crippen LogP contribution in [0.25, 0.3) is 10.9 Å². The van der Waals surface area contributed by atoms with E-state index in [9.17, 15) is 9.90 Å². The lowest BCUT2D eigenvalue weighted by Gasteiger charge is -2.11. The van der Waals surface area contributed by atoms with E-state index in [4.69, 9.17) is 21.7 Å². The highest BCUT2D eigenvalue weighted by atomic mass is 35.5. The average Bonchev–Trinajstić information content (AvgIpc) is 3.16. The maximum Gasteiger partial charge on any atom is 0.303 e. The third kappa shape index (κ3) is 6.33. The highest BCUT2D eigenvalue weighted by Gasteiger charge is 2.19. The molecule has 36 heavy (non-hydrogen) atoms. The lowest BCUT2D eigenvalue weighted by molar-refractivity contribution is -0.136. The summed E-state index contributed by atoms with van der Waals surface area (Å²) in [5, 5.41) is 21.4. The number of rotatable bonds is 10. The van der Waals surface area contributed by atoms with Gasteiger partial charge in [-0.25, -0.2) is 4.99 Å². The second-order valence-corrected chi connectivity index (χ2v) is 9.60. The lowest BCUT2D eigenvalue weighted by Crippen LogP contribution is -2.13. The number of hydrogen-bond acceptors (Lipinski definition) is 4. The molecule has 4 aromatic rings. The Labute approximate surface area is 215 Å². The van der Waals surface area contributed by atoms with Gasteiger partial charge in [-0.3, -0.25) is 4.79 Å². The van der Waals surface area contributed by atoms with Crippen LogP contribution in [0.2, 0.25) is 5.02 Å². The molecule has 0 saturated heterocycles. The summed E-state index contributed by atoms with van der Waals surface area (Å²) in [5.41, 5.74) is 5.57. The molecule has 7 heteroatoms. The number of benzene rings is 3. The van der Waals surface area contributed by atoms with E-state index in [0.29, 0.717) is 28.2 Å². The fourth-order valence-corrected chi connectivity index (χ4v) is 4.42. The van der Waals surface area contributed by atoms with E-state index < -0.39 is 5.97 Å². The summed E-state index contributed by atoms with van der Waals surface area (Å²) >= 11 is 6.17. The van der Waals surface area contributed by atoms with Crippen molar-refractivity contribution in [3.8, 4) is 5.88 Å². The molecule has 1 aromatic heterocycles. The van der Waals surface area contributed by atoms with Crippen LogP contribution in [0.3, 0.4) is 0 Å². The Morgan fingerprint density at radius 2 is 1.78 bits per heavy atom. The van der Waals surface area contributed by atoms with Gasteiger partial charge in [0.25, 0.3) is 0 Å². The smallest absolute Gasteiger partial charge is 0.303 e. The van der Waals surface area contributed by atoms with E-state index >= 15 is 0 Å². The molecule has 0 unspecified atom stereocenters. The molecule has 0 atom stereocenters. The predicted octanol–water partition coefficient (Wildman–Crippen LogP) is 6.21. The Kier molecular flexibility index (Phi) is 8.08. The molecule has 0 aliphatic heterocycles. The third-order valence-corrected chi connectivity index (χ3v) is 6.29. The number of aromatic nitrogens is 1. The standard InChI is InChI=1S/C29H30ClN3O3/c1-33(2)16-4-6-19-8-12-23(13-9-19)31-28(21-7-3-5-20(17-21)10-15-26(34)35)27-24-14-11-22(30)18-25(24)32-29(27)36/h3,5,7-9,11-14,17-18,32,36H,4,6,10,15-16H2,1-2H3,(H,34,35). The highest BCUT2D eigenvalue weighted by molar-refractivity contribution is 6.31. The van der Waals surface area contributed by atoms with Crippen LogP contribution in [0, 0.1) is 0 Å². The molecule has 6 nitrogen and oxygen atoms in total. The average molecular weight is 504 g/mol. The summed E-state index contributed by atoms with van der Waals surface area (Å²) in [4.78, 5) is 21.2. The van der Waals surface area contributed by atoms with E-state index in [1.165, 1.54) is 5.56 Å². The minimum Gasteiger partial charge on any atom is -0.494 e. The minimum atomic E-state index is -0.842. The van der Waals surface area contributed by atoms with Gasteiger partial charge in [-0.1, -0.05) is 48.0 Å². The van der Waals surface area contributed by atoms with Crippen LogP contribution in [0.1, 0.15) is 35.1 Å². The number of aryl methyl sites for hydroxylation is 2. The molecule has 3 aromatic carbocycles. The molecule has 0 amide bonds. The van der Waals surface area contributed by atoms with Crippen molar-refractivity contribution in [1.29, 1.82) is 0 Å². The van der Waals surface area contributed by atoms with Crippen LogP contribution in [0.15, 0.2) is 71.7 Å². The second kappa shape index (κ2) is 11.4. The number of H-pyrrole nitrogens is 1. The molecule has 4 rings (SSSR count). The van der Waals surface area contributed by atoms with Crippen LogP contribution < -0.4 is 0 Å². The van der Waals surface area contributed by atoms with Crippen molar-refractivity contribution in [3.63, 3.8) is 0 Å². The fourth-order valence-electron chi connectivity index (χ4n) is 4.25. The van der Waals surface area contributed by atoms with Gasteiger partial charge in [-0.2, -0.15) is 0 Å².